The Morgan fingerprint density at radius 3 is 2.29 bits per heavy atom. The van der Waals surface area contributed by atoms with E-state index >= 15 is 0 Å². The van der Waals surface area contributed by atoms with Gasteiger partial charge in [0.15, 0.2) is 9.84 Å². The summed E-state index contributed by atoms with van der Waals surface area (Å²) < 4.78 is 21.9. The van der Waals surface area contributed by atoms with Crippen molar-refractivity contribution in [2.45, 2.75) is 38.0 Å². The highest BCUT2D eigenvalue weighted by molar-refractivity contribution is 7.92. The van der Waals surface area contributed by atoms with E-state index in [2.05, 4.69) is 5.32 Å². The lowest BCUT2D eigenvalue weighted by atomic mass is 10.2. The van der Waals surface area contributed by atoms with E-state index in [1.165, 1.54) is 6.26 Å². The van der Waals surface area contributed by atoms with Gasteiger partial charge in [-0.2, -0.15) is 0 Å². The fourth-order valence-electron chi connectivity index (χ4n) is 0.847. The van der Waals surface area contributed by atoms with Crippen molar-refractivity contribution in [1.29, 1.82) is 0 Å². The molecule has 0 heterocycles. The Bertz CT molecular complexity index is 259. The normalized spacial score (nSPS) is 15.5. The lowest BCUT2D eigenvalue weighted by Crippen LogP contribution is -2.44. The fourth-order valence-corrected chi connectivity index (χ4v) is 1.19. The molecule has 0 bridgehead atoms. The average Bonchev–Trinajstić information content (AvgIpc) is 1.99. The summed E-state index contributed by atoms with van der Waals surface area (Å²) in [6.07, 6.45) is 1.88. The van der Waals surface area contributed by atoms with Gasteiger partial charge in [0.25, 0.3) is 0 Å². The van der Waals surface area contributed by atoms with E-state index in [1.54, 1.807) is 13.8 Å². The molecule has 86 valence electrons. The van der Waals surface area contributed by atoms with E-state index in [1.807, 2.05) is 6.92 Å². The highest BCUT2D eigenvalue weighted by Gasteiger charge is 2.29. The summed E-state index contributed by atoms with van der Waals surface area (Å²) in [7, 11) is -3.04. The van der Waals surface area contributed by atoms with Gasteiger partial charge in [-0.25, -0.2) is 8.42 Å². The van der Waals surface area contributed by atoms with Crippen LogP contribution in [0.1, 0.15) is 27.2 Å². The van der Waals surface area contributed by atoms with Crippen LogP contribution in [-0.4, -0.2) is 43.7 Å². The second-order valence-corrected chi connectivity index (χ2v) is 6.98. The molecule has 0 unspecified atom stereocenters. The molecule has 2 N–H and O–H groups in total. The van der Waals surface area contributed by atoms with Crippen molar-refractivity contribution in [2.75, 3.05) is 19.4 Å². The van der Waals surface area contributed by atoms with E-state index in [9.17, 15) is 8.42 Å². The van der Waals surface area contributed by atoms with Crippen LogP contribution < -0.4 is 5.32 Å². The number of nitrogens with one attached hydrogen (secondary N) is 1. The molecule has 5 heteroatoms. The first kappa shape index (κ1) is 13.9. The lowest BCUT2D eigenvalue weighted by molar-refractivity contribution is 0.267. The molecule has 0 aromatic carbocycles. The van der Waals surface area contributed by atoms with E-state index in [0.717, 1.165) is 0 Å². The van der Waals surface area contributed by atoms with Crippen LogP contribution in [0.2, 0.25) is 0 Å². The molecule has 0 saturated carbocycles. The average molecular weight is 223 g/mol. The monoisotopic (exact) mass is 223 g/mol. The molecule has 0 aliphatic carbocycles. The van der Waals surface area contributed by atoms with Gasteiger partial charge in [0.1, 0.15) is 0 Å². The third-order valence-corrected chi connectivity index (χ3v) is 4.59. The van der Waals surface area contributed by atoms with Crippen LogP contribution in [0.5, 0.6) is 0 Å². The van der Waals surface area contributed by atoms with Gasteiger partial charge in [-0.15, -0.1) is 0 Å². The van der Waals surface area contributed by atoms with E-state index in [0.29, 0.717) is 13.0 Å². The number of aliphatic hydroxyl groups excluding tert-OH is 1. The third kappa shape index (κ3) is 4.39. The Hall–Kier alpha value is -0.130. The zero-order valence-corrected chi connectivity index (χ0v) is 10.2. The molecule has 0 amide bonds. The third-order valence-electron chi connectivity index (χ3n) is 2.44. The van der Waals surface area contributed by atoms with Crippen molar-refractivity contribution in [3.63, 3.8) is 0 Å². The van der Waals surface area contributed by atoms with Gasteiger partial charge in [-0.05, 0) is 27.2 Å². The maximum Gasteiger partial charge on any atom is 0.153 e. The van der Waals surface area contributed by atoms with Crippen LogP contribution in [0.3, 0.4) is 0 Å². The molecule has 1 atom stereocenters. The number of sulfone groups is 1. The van der Waals surface area contributed by atoms with Gasteiger partial charge in [0, 0.05) is 25.4 Å². The van der Waals surface area contributed by atoms with E-state index < -0.39 is 14.6 Å². The van der Waals surface area contributed by atoms with Crippen LogP contribution in [0.4, 0.5) is 0 Å². The van der Waals surface area contributed by atoms with E-state index in [4.69, 9.17) is 5.11 Å². The van der Waals surface area contributed by atoms with Gasteiger partial charge >= 0.3 is 0 Å². The summed E-state index contributed by atoms with van der Waals surface area (Å²) >= 11 is 0. The van der Waals surface area contributed by atoms with Crippen LogP contribution >= 0.6 is 0 Å². The van der Waals surface area contributed by atoms with Gasteiger partial charge < -0.3 is 10.4 Å². The molecule has 0 spiro atoms. The molecule has 0 rings (SSSR count). The maximum atomic E-state index is 11.3. The number of rotatable bonds is 6. The summed E-state index contributed by atoms with van der Waals surface area (Å²) in [5.74, 6) is 0. The molecular formula is C9H21NO3S. The van der Waals surface area contributed by atoms with Crippen LogP contribution in [-0.2, 0) is 9.84 Å². The zero-order valence-electron chi connectivity index (χ0n) is 9.37. The first-order valence-corrected chi connectivity index (χ1v) is 6.63. The Balaban J connectivity index is 4.13. The van der Waals surface area contributed by atoms with Crippen molar-refractivity contribution in [3.8, 4) is 0 Å². The molecular weight excluding hydrogens is 202 g/mol. The summed E-state index contributed by atoms with van der Waals surface area (Å²) in [6, 6.07) is 0.140. The number of hydrogen-bond donors (Lipinski definition) is 2. The summed E-state index contributed by atoms with van der Waals surface area (Å²) in [5.41, 5.74) is 0. The second-order valence-electron chi connectivity index (χ2n) is 4.33. The summed E-state index contributed by atoms with van der Waals surface area (Å²) in [6.45, 7) is 5.84. The predicted octanol–water partition coefficient (Wildman–Crippen LogP) is 0.170. The Kier molecular flexibility index (Phi) is 5.05. The standard InChI is InChI=1S/C9H21NO3S/c1-8(5-6-11)10-7-9(2,3)14(4,12)13/h8,10-11H,5-7H2,1-4H3/t8-/m1/s1. The molecule has 0 aliphatic rings. The largest absolute Gasteiger partial charge is 0.396 e. The molecule has 0 radical (unpaired) electrons. The van der Waals surface area contributed by atoms with Crippen molar-refractivity contribution < 1.29 is 13.5 Å². The van der Waals surface area contributed by atoms with E-state index in [-0.39, 0.29) is 12.6 Å². The lowest BCUT2D eigenvalue weighted by Gasteiger charge is -2.25. The van der Waals surface area contributed by atoms with Crippen molar-refractivity contribution >= 4 is 9.84 Å². The Morgan fingerprint density at radius 2 is 1.93 bits per heavy atom. The smallest absolute Gasteiger partial charge is 0.153 e. The van der Waals surface area contributed by atoms with Crippen LogP contribution in [0.15, 0.2) is 0 Å². The number of hydrogen-bond acceptors (Lipinski definition) is 4. The highest BCUT2D eigenvalue weighted by Crippen LogP contribution is 2.13. The van der Waals surface area contributed by atoms with Crippen molar-refractivity contribution in [3.05, 3.63) is 0 Å². The molecule has 4 nitrogen and oxygen atoms in total. The summed E-state index contributed by atoms with van der Waals surface area (Å²) in [4.78, 5) is 0. The maximum absolute atomic E-state index is 11.3. The minimum Gasteiger partial charge on any atom is -0.396 e. The van der Waals surface area contributed by atoms with Crippen LogP contribution in [0.25, 0.3) is 0 Å². The molecule has 14 heavy (non-hydrogen) atoms. The SMILES string of the molecule is C[C@H](CCO)NCC(C)(C)S(C)(=O)=O. The molecule has 0 aromatic rings. The predicted molar refractivity (Wildman–Crippen MR) is 58.1 cm³/mol. The van der Waals surface area contributed by atoms with Gasteiger partial charge in [0.2, 0.25) is 0 Å². The number of aliphatic hydroxyl groups is 1. The van der Waals surface area contributed by atoms with Crippen molar-refractivity contribution in [2.24, 2.45) is 0 Å². The van der Waals surface area contributed by atoms with Crippen molar-refractivity contribution in [1.82, 2.24) is 5.32 Å². The Morgan fingerprint density at radius 1 is 1.43 bits per heavy atom. The summed E-state index contributed by atoms with van der Waals surface area (Å²) in [5, 5.41) is 11.8. The minimum absolute atomic E-state index is 0.119. The van der Waals surface area contributed by atoms with Gasteiger partial charge in [-0.3, -0.25) is 0 Å². The second kappa shape index (κ2) is 5.09. The van der Waals surface area contributed by atoms with Gasteiger partial charge in [-0.1, -0.05) is 0 Å². The quantitative estimate of drug-likeness (QED) is 0.673. The molecule has 0 aromatic heterocycles. The molecule has 0 fully saturated rings. The Labute approximate surface area is 86.6 Å². The van der Waals surface area contributed by atoms with Gasteiger partial charge in [0.05, 0.1) is 4.75 Å². The van der Waals surface area contributed by atoms with Crippen LogP contribution in [0, 0.1) is 0 Å². The topological polar surface area (TPSA) is 66.4 Å². The first-order valence-electron chi connectivity index (χ1n) is 4.74. The molecule has 0 aliphatic heterocycles. The highest BCUT2D eigenvalue weighted by atomic mass is 32.2. The fraction of sp³-hybridized carbons (Fsp3) is 1.00. The minimum atomic E-state index is -3.04. The zero-order chi connectivity index (χ0) is 11.4. The first-order chi connectivity index (χ1) is 6.20. The molecule has 0 saturated heterocycles.